The predicted octanol–water partition coefficient (Wildman–Crippen LogP) is 5.12. The minimum absolute atomic E-state index is 0.376. The van der Waals surface area contributed by atoms with Crippen LogP contribution in [-0.2, 0) is 6.42 Å². The smallest absolute Gasteiger partial charge is 0.336 e. The highest BCUT2D eigenvalue weighted by Crippen LogP contribution is 2.38. The Hall–Kier alpha value is -3.14. The summed E-state index contributed by atoms with van der Waals surface area (Å²) in [5.41, 5.74) is 6.21. The summed E-state index contributed by atoms with van der Waals surface area (Å²) in [7, 11) is 4.05. The lowest BCUT2D eigenvalue weighted by Crippen LogP contribution is -2.17. The first-order valence-corrected chi connectivity index (χ1v) is 9.57. The summed E-state index contributed by atoms with van der Waals surface area (Å²) in [6.07, 6.45) is 3.79. The third-order valence-electron chi connectivity index (χ3n) is 5.38. The van der Waals surface area contributed by atoms with Crippen LogP contribution in [0.1, 0.15) is 40.5 Å². The molecule has 1 heterocycles. The maximum absolute atomic E-state index is 12.1. The van der Waals surface area contributed by atoms with E-state index < -0.39 is 5.97 Å². The van der Waals surface area contributed by atoms with E-state index in [0.717, 1.165) is 51.8 Å². The molecule has 3 aromatic rings. The van der Waals surface area contributed by atoms with Crippen molar-refractivity contribution in [2.45, 2.75) is 19.8 Å². The molecule has 0 unspecified atom stereocenters. The Labute approximate surface area is 165 Å². The standard InChI is InChI=1S/C24H24N2O2/c1-15-12-17(14-16-8-10-18(11-9-16)26(2)3)23-20(13-15)22(24(27)28)19-6-4-5-7-21(19)25-23/h4-11,14-15H,12-13H2,1-3H3,(H,27,28)/b17-14+/t15-/m1/s1. The summed E-state index contributed by atoms with van der Waals surface area (Å²) in [5, 5.41) is 10.7. The molecule has 1 aliphatic carbocycles. The van der Waals surface area contributed by atoms with Gasteiger partial charge in [-0.1, -0.05) is 37.3 Å². The molecule has 1 N–H and O–H groups in total. The number of carboxylic acids is 1. The molecule has 1 atom stereocenters. The Kier molecular flexibility index (Phi) is 4.63. The van der Waals surface area contributed by atoms with Crippen LogP contribution in [0.3, 0.4) is 0 Å². The molecule has 142 valence electrons. The minimum Gasteiger partial charge on any atom is -0.478 e. The fourth-order valence-electron chi connectivity index (χ4n) is 4.05. The fourth-order valence-corrected chi connectivity index (χ4v) is 4.05. The number of benzene rings is 2. The van der Waals surface area contributed by atoms with Crippen LogP contribution in [0.5, 0.6) is 0 Å². The summed E-state index contributed by atoms with van der Waals surface area (Å²) >= 11 is 0. The molecule has 1 aromatic heterocycles. The molecule has 0 fully saturated rings. The molecule has 0 amide bonds. The van der Waals surface area contributed by atoms with Gasteiger partial charge in [-0.3, -0.25) is 0 Å². The zero-order valence-corrected chi connectivity index (χ0v) is 16.4. The number of pyridine rings is 1. The summed E-state index contributed by atoms with van der Waals surface area (Å²) in [6, 6.07) is 15.9. The molecule has 0 saturated heterocycles. The average molecular weight is 372 g/mol. The third kappa shape index (κ3) is 3.26. The van der Waals surface area contributed by atoms with E-state index in [1.165, 1.54) is 0 Å². The van der Waals surface area contributed by atoms with E-state index in [1.807, 2.05) is 38.4 Å². The van der Waals surface area contributed by atoms with Crippen molar-refractivity contribution in [1.29, 1.82) is 0 Å². The van der Waals surface area contributed by atoms with Crippen molar-refractivity contribution in [1.82, 2.24) is 4.98 Å². The maximum atomic E-state index is 12.1. The Balaban J connectivity index is 1.90. The van der Waals surface area contributed by atoms with Gasteiger partial charge in [0.05, 0.1) is 16.8 Å². The highest BCUT2D eigenvalue weighted by Gasteiger charge is 2.27. The number of para-hydroxylation sites is 1. The van der Waals surface area contributed by atoms with Crippen LogP contribution in [-0.4, -0.2) is 30.2 Å². The Morgan fingerprint density at radius 2 is 1.82 bits per heavy atom. The first-order chi connectivity index (χ1) is 13.4. The number of hydrogen-bond acceptors (Lipinski definition) is 3. The van der Waals surface area contributed by atoms with E-state index in [9.17, 15) is 9.90 Å². The average Bonchev–Trinajstić information content (AvgIpc) is 2.66. The second-order valence-corrected chi connectivity index (χ2v) is 7.81. The number of fused-ring (bicyclic) bond motifs is 2. The lowest BCUT2D eigenvalue weighted by molar-refractivity contribution is 0.0697. The Bertz CT molecular complexity index is 1080. The van der Waals surface area contributed by atoms with Gasteiger partial charge < -0.3 is 10.0 Å². The number of carboxylic acid groups (broad SMARTS) is 1. The first kappa shape index (κ1) is 18.2. The van der Waals surface area contributed by atoms with Gasteiger partial charge in [-0.2, -0.15) is 0 Å². The number of hydrogen-bond donors (Lipinski definition) is 1. The van der Waals surface area contributed by atoms with Crippen LogP contribution in [0.2, 0.25) is 0 Å². The normalized spacial score (nSPS) is 17.5. The van der Waals surface area contributed by atoms with Crippen LogP contribution in [0, 0.1) is 5.92 Å². The van der Waals surface area contributed by atoms with Crippen molar-refractivity contribution in [3.8, 4) is 0 Å². The monoisotopic (exact) mass is 372 g/mol. The van der Waals surface area contributed by atoms with Gasteiger partial charge in [-0.15, -0.1) is 0 Å². The largest absolute Gasteiger partial charge is 0.478 e. The van der Waals surface area contributed by atoms with Crippen LogP contribution in [0.15, 0.2) is 48.5 Å². The topological polar surface area (TPSA) is 53.4 Å². The van der Waals surface area contributed by atoms with Gasteiger partial charge >= 0.3 is 5.97 Å². The quantitative estimate of drug-likeness (QED) is 0.693. The van der Waals surface area contributed by atoms with E-state index in [1.54, 1.807) is 0 Å². The van der Waals surface area contributed by atoms with Crippen LogP contribution >= 0.6 is 0 Å². The zero-order valence-electron chi connectivity index (χ0n) is 16.4. The zero-order chi connectivity index (χ0) is 19.8. The van der Waals surface area contributed by atoms with E-state index in [0.29, 0.717) is 11.5 Å². The van der Waals surface area contributed by atoms with Crippen molar-refractivity contribution in [3.63, 3.8) is 0 Å². The van der Waals surface area contributed by atoms with Crippen molar-refractivity contribution in [2.24, 2.45) is 5.92 Å². The van der Waals surface area contributed by atoms with Crippen molar-refractivity contribution in [2.75, 3.05) is 19.0 Å². The van der Waals surface area contributed by atoms with Gasteiger partial charge in [0.1, 0.15) is 0 Å². The fraction of sp³-hybridized carbons (Fsp3) is 0.250. The molecule has 0 bridgehead atoms. The third-order valence-corrected chi connectivity index (χ3v) is 5.38. The molecule has 4 rings (SSSR count). The maximum Gasteiger partial charge on any atom is 0.336 e. The van der Waals surface area contributed by atoms with E-state index >= 15 is 0 Å². The van der Waals surface area contributed by atoms with Crippen molar-refractivity contribution >= 4 is 34.2 Å². The van der Waals surface area contributed by atoms with Gasteiger partial charge in [-0.25, -0.2) is 9.78 Å². The number of rotatable bonds is 3. The SMILES string of the molecule is C[C@@H]1C/C(=C\c2ccc(N(C)C)cc2)c2nc3ccccc3c(C(=O)O)c2C1. The van der Waals surface area contributed by atoms with E-state index in [-0.39, 0.29) is 0 Å². The van der Waals surface area contributed by atoms with Crippen molar-refractivity contribution in [3.05, 3.63) is 70.9 Å². The molecule has 0 spiro atoms. The summed E-state index contributed by atoms with van der Waals surface area (Å²) < 4.78 is 0. The number of carbonyl (C=O) groups is 1. The molecule has 2 aromatic carbocycles. The van der Waals surface area contributed by atoms with E-state index in [2.05, 4.69) is 42.2 Å². The Morgan fingerprint density at radius 3 is 2.50 bits per heavy atom. The van der Waals surface area contributed by atoms with Gasteiger partial charge in [0.2, 0.25) is 0 Å². The summed E-state index contributed by atoms with van der Waals surface area (Å²) in [6.45, 7) is 2.17. The molecular weight excluding hydrogens is 348 g/mol. The predicted molar refractivity (Wildman–Crippen MR) is 115 cm³/mol. The molecule has 0 aliphatic heterocycles. The summed E-state index contributed by atoms with van der Waals surface area (Å²) in [5.74, 6) is -0.500. The van der Waals surface area contributed by atoms with Gasteiger partial charge in [-0.05, 0) is 59.7 Å². The van der Waals surface area contributed by atoms with Gasteiger partial charge in [0.25, 0.3) is 0 Å². The molecular formula is C24H24N2O2. The van der Waals surface area contributed by atoms with E-state index in [4.69, 9.17) is 4.98 Å². The number of nitrogens with zero attached hydrogens (tertiary/aromatic N) is 2. The van der Waals surface area contributed by atoms with Crippen LogP contribution in [0.25, 0.3) is 22.6 Å². The number of aromatic carboxylic acids is 1. The molecule has 4 nitrogen and oxygen atoms in total. The highest BCUT2D eigenvalue weighted by atomic mass is 16.4. The molecule has 1 aliphatic rings. The number of anilines is 1. The molecule has 4 heteroatoms. The van der Waals surface area contributed by atoms with Gasteiger partial charge in [0, 0.05) is 25.2 Å². The van der Waals surface area contributed by atoms with Crippen molar-refractivity contribution < 1.29 is 9.90 Å². The molecule has 0 saturated carbocycles. The first-order valence-electron chi connectivity index (χ1n) is 9.57. The number of allylic oxidation sites excluding steroid dienone is 1. The number of aromatic nitrogens is 1. The van der Waals surface area contributed by atoms with Crippen LogP contribution < -0.4 is 4.90 Å². The molecule has 0 radical (unpaired) electrons. The summed E-state index contributed by atoms with van der Waals surface area (Å²) in [4.78, 5) is 19.1. The Morgan fingerprint density at radius 1 is 1.11 bits per heavy atom. The lowest BCUT2D eigenvalue weighted by Gasteiger charge is -2.26. The van der Waals surface area contributed by atoms with Gasteiger partial charge in [0.15, 0.2) is 0 Å². The highest BCUT2D eigenvalue weighted by molar-refractivity contribution is 6.05. The lowest BCUT2D eigenvalue weighted by atomic mass is 9.80. The minimum atomic E-state index is -0.876. The second-order valence-electron chi connectivity index (χ2n) is 7.81. The van der Waals surface area contributed by atoms with Crippen LogP contribution in [0.4, 0.5) is 5.69 Å². The second kappa shape index (κ2) is 7.12. The molecule has 28 heavy (non-hydrogen) atoms.